The van der Waals surface area contributed by atoms with Crippen molar-refractivity contribution in [1.82, 2.24) is 9.80 Å². The van der Waals surface area contributed by atoms with Crippen molar-refractivity contribution in [2.75, 3.05) is 39.3 Å². The van der Waals surface area contributed by atoms with Crippen molar-refractivity contribution in [3.63, 3.8) is 0 Å². The second-order valence-corrected chi connectivity index (χ2v) is 5.08. The first-order valence-electron chi connectivity index (χ1n) is 7.47. The van der Waals surface area contributed by atoms with E-state index in [2.05, 4.69) is 11.8 Å². The van der Waals surface area contributed by atoms with Crippen LogP contribution in [0, 0.1) is 0 Å². The number of benzene rings is 1. The van der Waals surface area contributed by atoms with Gasteiger partial charge in [0.1, 0.15) is 5.75 Å². The molecule has 1 aliphatic rings. The van der Waals surface area contributed by atoms with Crippen LogP contribution in [0.3, 0.4) is 0 Å². The van der Waals surface area contributed by atoms with Crippen molar-refractivity contribution < 1.29 is 9.53 Å². The Bertz CT molecular complexity index is 400. The fourth-order valence-corrected chi connectivity index (χ4v) is 2.40. The topological polar surface area (TPSA) is 32.8 Å². The van der Waals surface area contributed by atoms with E-state index in [1.807, 2.05) is 35.2 Å². The molecule has 0 atom stereocenters. The molecule has 1 aromatic rings. The van der Waals surface area contributed by atoms with Gasteiger partial charge < -0.3 is 14.5 Å². The molecule has 4 nitrogen and oxygen atoms in total. The lowest BCUT2D eigenvalue weighted by Gasteiger charge is -2.34. The van der Waals surface area contributed by atoms with E-state index in [-0.39, 0.29) is 5.91 Å². The summed E-state index contributed by atoms with van der Waals surface area (Å²) >= 11 is 0. The number of rotatable bonds is 6. The number of amides is 1. The number of hydrogen-bond donors (Lipinski definition) is 0. The van der Waals surface area contributed by atoms with E-state index < -0.39 is 0 Å². The molecule has 0 unspecified atom stereocenters. The number of likely N-dealkylation sites (N-methyl/N-ethyl adjacent to an activating group) is 1. The Kier molecular flexibility index (Phi) is 5.87. The Morgan fingerprint density at radius 2 is 1.85 bits per heavy atom. The van der Waals surface area contributed by atoms with Gasteiger partial charge in [0, 0.05) is 32.6 Å². The van der Waals surface area contributed by atoms with Crippen LogP contribution in [0.2, 0.25) is 0 Å². The summed E-state index contributed by atoms with van der Waals surface area (Å²) in [5.74, 6) is 1.13. The number of carbonyl (C=O) groups excluding carboxylic acids is 1. The van der Waals surface area contributed by atoms with Crippen LogP contribution in [-0.4, -0.2) is 55.0 Å². The summed E-state index contributed by atoms with van der Waals surface area (Å²) in [4.78, 5) is 16.4. The highest BCUT2D eigenvalue weighted by molar-refractivity contribution is 5.76. The number of carbonyl (C=O) groups is 1. The molecule has 1 amide bonds. The molecule has 0 aromatic heterocycles. The summed E-state index contributed by atoms with van der Waals surface area (Å²) in [5.41, 5.74) is 0. The first kappa shape index (κ1) is 14.9. The SMILES string of the molecule is CCN1CCN(C(=O)CCCOc2ccccc2)CC1. The van der Waals surface area contributed by atoms with Gasteiger partial charge in [0.15, 0.2) is 0 Å². The molecular formula is C16H24N2O2. The molecule has 2 rings (SSSR count). The van der Waals surface area contributed by atoms with Gasteiger partial charge in [-0.05, 0) is 25.1 Å². The Balaban J connectivity index is 1.61. The molecule has 0 spiro atoms. The molecule has 4 heteroatoms. The fourth-order valence-electron chi connectivity index (χ4n) is 2.40. The summed E-state index contributed by atoms with van der Waals surface area (Å²) in [5, 5.41) is 0. The highest BCUT2D eigenvalue weighted by Gasteiger charge is 2.19. The molecule has 0 radical (unpaired) electrons. The summed E-state index contributed by atoms with van der Waals surface area (Å²) < 4.78 is 5.60. The van der Waals surface area contributed by atoms with Crippen LogP contribution in [0.1, 0.15) is 19.8 Å². The zero-order valence-electron chi connectivity index (χ0n) is 12.3. The maximum Gasteiger partial charge on any atom is 0.222 e. The van der Waals surface area contributed by atoms with Crippen molar-refractivity contribution in [1.29, 1.82) is 0 Å². The monoisotopic (exact) mass is 276 g/mol. The molecule has 1 heterocycles. The first-order chi connectivity index (χ1) is 9.79. The Labute approximate surface area is 121 Å². The zero-order chi connectivity index (χ0) is 14.2. The molecule has 0 saturated carbocycles. The largest absolute Gasteiger partial charge is 0.494 e. The molecule has 0 aliphatic carbocycles. The van der Waals surface area contributed by atoms with E-state index in [4.69, 9.17) is 4.74 Å². The number of nitrogens with zero attached hydrogens (tertiary/aromatic N) is 2. The van der Waals surface area contributed by atoms with Gasteiger partial charge in [-0.1, -0.05) is 25.1 Å². The third kappa shape index (κ3) is 4.53. The van der Waals surface area contributed by atoms with Crippen molar-refractivity contribution in [3.8, 4) is 5.75 Å². The average molecular weight is 276 g/mol. The third-order valence-electron chi connectivity index (χ3n) is 3.72. The van der Waals surface area contributed by atoms with Gasteiger partial charge in [0.2, 0.25) is 5.91 Å². The molecule has 1 aromatic carbocycles. The second-order valence-electron chi connectivity index (χ2n) is 5.08. The van der Waals surface area contributed by atoms with Crippen LogP contribution in [0.25, 0.3) is 0 Å². The summed E-state index contributed by atoms with van der Waals surface area (Å²) in [6, 6.07) is 9.74. The normalized spacial score (nSPS) is 16.1. The Morgan fingerprint density at radius 1 is 1.15 bits per heavy atom. The quantitative estimate of drug-likeness (QED) is 0.745. The summed E-state index contributed by atoms with van der Waals surface area (Å²) in [6.07, 6.45) is 1.36. The Morgan fingerprint density at radius 3 is 2.50 bits per heavy atom. The van der Waals surface area contributed by atoms with Crippen LogP contribution in [0.4, 0.5) is 0 Å². The van der Waals surface area contributed by atoms with Gasteiger partial charge >= 0.3 is 0 Å². The van der Waals surface area contributed by atoms with Crippen molar-refractivity contribution >= 4 is 5.91 Å². The fraction of sp³-hybridized carbons (Fsp3) is 0.562. The van der Waals surface area contributed by atoms with Gasteiger partial charge in [-0.25, -0.2) is 0 Å². The number of hydrogen-bond acceptors (Lipinski definition) is 3. The van der Waals surface area contributed by atoms with Gasteiger partial charge in [0.05, 0.1) is 6.61 Å². The van der Waals surface area contributed by atoms with Crippen LogP contribution < -0.4 is 4.74 Å². The van der Waals surface area contributed by atoms with Crippen LogP contribution in [0.15, 0.2) is 30.3 Å². The van der Waals surface area contributed by atoms with Gasteiger partial charge in [-0.2, -0.15) is 0 Å². The maximum atomic E-state index is 12.1. The molecule has 0 bridgehead atoms. The maximum absolute atomic E-state index is 12.1. The van der Waals surface area contributed by atoms with E-state index in [1.54, 1.807) is 0 Å². The van der Waals surface area contributed by atoms with Crippen molar-refractivity contribution in [2.24, 2.45) is 0 Å². The average Bonchev–Trinajstić information content (AvgIpc) is 2.52. The predicted octanol–water partition coefficient (Wildman–Crippen LogP) is 2.01. The van der Waals surface area contributed by atoms with E-state index in [9.17, 15) is 4.79 Å². The minimum absolute atomic E-state index is 0.261. The number of ether oxygens (including phenoxy) is 1. The molecular weight excluding hydrogens is 252 g/mol. The Hall–Kier alpha value is -1.55. The van der Waals surface area contributed by atoms with Gasteiger partial charge in [0.25, 0.3) is 0 Å². The van der Waals surface area contributed by atoms with Crippen LogP contribution in [-0.2, 0) is 4.79 Å². The molecule has 110 valence electrons. The lowest BCUT2D eigenvalue weighted by atomic mass is 10.2. The standard InChI is InChI=1S/C16H24N2O2/c1-2-17-10-12-18(13-11-17)16(19)9-6-14-20-15-7-4-3-5-8-15/h3-5,7-8H,2,6,9-14H2,1H3. The highest BCUT2D eigenvalue weighted by Crippen LogP contribution is 2.10. The van der Waals surface area contributed by atoms with Gasteiger partial charge in [-0.15, -0.1) is 0 Å². The minimum atomic E-state index is 0.261. The first-order valence-corrected chi connectivity index (χ1v) is 7.47. The molecule has 1 fully saturated rings. The van der Waals surface area contributed by atoms with E-state index in [0.717, 1.165) is 44.9 Å². The van der Waals surface area contributed by atoms with E-state index in [1.165, 1.54) is 0 Å². The third-order valence-corrected chi connectivity index (χ3v) is 3.72. The molecule has 0 N–H and O–H groups in total. The summed E-state index contributed by atoms with van der Waals surface area (Å²) in [6.45, 7) is 7.58. The number of para-hydroxylation sites is 1. The summed E-state index contributed by atoms with van der Waals surface area (Å²) in [7, 11) is 0. The predicted molar refractivity (Wildman–Crippen MR) is 79.9 cm³/mol. The molecule has 1 saturated heterocycles. The van der Waals surface area contributed by atoms with E-state index in [0.29, 0.717) is 13.0 Å². The highest BCUT2D eigenvalue weighted by atomic mass is 16.5. The number of piperazine rings is 1. The second kappa shape index (κ2) is 7.90. The van der Waals surface area contributed by atoms with Crippen molar-refractivity contribution in [2.45, 2.75) is 19.8 Å². The van der Waals surface area contributed by atoms with Crippen molar-refractivity contribution in [3.05, 3.63) is 30.3 Å². The molecule has 20 heavy (non-hydrogen) atoms. The van der Waals surface area contributed by atoms with Crippen LogP contribution in [0.5, 0.6) is 5.75 Å². The lowest BCUT2D eigenvalue weighted by molar-refractivity contribution is -0.133. The zero-order valence-corrected chi connectivity index (χ0v) is 12.3. The van der Waals surface area contributed by atoms with Crippen LogP contribution >= 0.6 is 0 Å². The minimum Gasteiger partial charge on any atom is -0.494 e. The lowest BCUT2D eigenvalue weighted by Crippen LogP contribution is -2.48. The van der Waals surface area contributed by atoms with E-state index >= 15 is 0 Å². The molecule has 1 aliphatic heterocycles. The van der Waals surface area contributed by atoms with Gasteiger partial charge in [-0.3, -0.25) is 4.79 Å². The smallest absolute Gasteiger partial charge is 0.222 e.